The summed E-state index contributed by atoms with van der Waals surface area (Å²) in [5, 5.41) is 20.3. The van der Waals surface area contributed by atoms with Gasteiger partial charge in [-0.1, -0.05) is 24.3 Å². The van der Waals surface area contributed by atoms with Gasteiger partial charge in [-0.05, 0) is 11.5 Å². The minimum absolute atomic E-state index is 0.0786. The van der Waals surface area contributed by atoms with Crippen LogP contribution in [0.4, 0.5) is 5.82 Å². The summed E-state index contributed by atoms with van der Waals surface area (Å²) in [6.07, 6.45) is 0. The number of nitrogens with zero attached hydrogens (tertiary/aromatic N) is 2. The van der Waals surface area contributed by atoms with E-state index in [1.807, 2.05) is 42.3 Å². The molecule has 0 aliphatic heterocycles. The van der Waals surface area contributed by atoms with E-state index in [0.29, 0.717) is 12.2 Å². The first kappa shape index (κ1) is 11.8. The zero-order chi connectivity index (χ0) is 12.3. The quantitative estimate of drug-likeness (QED) is 0.830. The maximum absolute atomic E-state index is 9.20. The molecule has 2 aromatic rings. The van der Waals surface area contributed by atoms with E-state index in [1.165, 1.54) is 0 Å². The second-order valence-corrected chi connectivity index (χ2v) is 3.96. The van der Waals surface area contributed by atoms with Crippen molar-refractivity contribution in [1.29, 1.82) is 0 Å². The van der Waals surface area contributed by atoms with E-state index >= 15 is 0 Å². The van der Waals surface area contributed by atoms with Crippen molar-refractivity contribution in [3.63, 3.8) is 0 Å². The predicted molar refractivity (Wildman–Crippen MR) is 68.0 cm³/mol. The molecule has 2 rings (SSSR count). The molecule has 0 amide bonds. The highest BCUT2D eigenvalue weighted by atomic mass is 16.3. The van der Waals surface area contributed by atoms with Crippen LogP contribution in [0.15, 0.2) is 30.3 Å². The number of anilines is 1. The molecule has 17 heavy (non-hydrogen) atoms. The summed E-state index contributed by atoms with van der Waals surface area (Å²) < 4.78 is 0. The highest BCUT2D eigenvalue weighted by Gasteiger charge is 2.09. The Morgan fingerprint density at radius 2 is 2.00 bits per heavy atom. The molecule has 0 saturated heterocycles. The number of fused-ring (bicyclic) bond motifs is 1. The zero-order valence-electron chi connectivity index (χ0n) is 9.80. The van der Waals surface area contributed by atoms with Gasteiger partial charge >= 0.3 is 0 Å². The topological polar surface area (TPSA) is 56.6 Å². The van der Waals surface area contributed by atoms with Crippen molar-refractivity contribution in [3.05, 3.63) is 36.0 Å². The molecule has 0 atom stereocenters. The molecule has 90 valence electrons. The lowest BCUT2D eigenvalue weighted by Gasteiger charge is -2.19. The smallest absolute Gasteiger partial charge is 0.136 e. The largest absolute Gasteiger partial charge is 0.395 e. The predicted octanol–water partition coefficient (Wildman–Crippen LogP) is 1.16. The number of likely N-dealkylation sites (N-methyl/N-ethyl adjacent to an activating group) is 1. The van der Waals surface area contributed by atoms with Crippen LogP contribution in [0.3, 0.4) is 0 Å². The first-order valence-corrected chi connectivity index (χ1v) is 5.57. The van der Waals surface area contributed by atoms with Crippen LogP contribution in [0, 0.1) is 0 Å². The molecule has 0 bridgehead atoms. The molecule has 0 radical (unpaired) electrons. The third-order valence-electron chi connectivity index (χ3n) is 2.73. The Bertz CT molecular complexity index is 514. The second kappa shape index (κ2) is 5.12. The van der Waals surface area contributed by atoms with E-state index in [2.05, 4.69) is 4.98 Å². The van der Waals surface area contributed by atoms with Crippen LogP contribution < -0.4 is 4.90 Å². The Balaban J connectivity index is 2.58. The van der Waals surface area contributed by atoms with Crippen molar-refractivity contribution in [3.8, 4) is 0 Å². The van der Waals surface area contributed by atoms with Crippen molar-refractivity contribution in [1.82, 2.24) is 4.98 Å². The van der Waals surface area contributed by atoms with E-state index in [1.54, 1.807) is 0 Å². The number of aliphatic hydroxyl groups is 2. The lowest BCUT2D eigenvalue weighted by molar-refractivity contribution is 0.277. The number of pyridine rings is 1. The van der Waals surface area contributed by atoms with Crippen molar-refractivity contribution in [2.45, 2.75) is 6.61 Å². The van der Waals surface area contributed by atoms with Crippen LogP contribution in [-0.2, 0) is 6.61 Å². The van der Waals surface area contributed by atoms with E-state index in [4.69, 9.17) is 5.11 Å². The molecule has 1 heterocycles. The molecule has 4 heteroatoms. The third kappa shape index (κ3) is 2.38. The number of hydrogen-bond donors (Lipinski definition) is 2. The summed E-state index contributed by atoms with van der Waals surface area (Å²) in [6.45, 7) is 0.520. The molecule has 4 nitrogen and oxygen atoms in total. The Labute approximate surface area is 100 Å². The molecular weight excluding hydrogens is 216 g/mol. The van der Waals surface area contributed by atoms with E-state index in [-0.39, 0.29) is 13.2 Å². The Kier molecular flexibility index (Phi) is 3.56. The monoisotopic (exact) mass is 232 g/mol. The molecule has 0 aliphatic rings. The summed E-state index contributed by atoms with van der Waals surface area (Å²) in [5.74, 6) is 0.793. The number of hydrogen-bond acceptors (Lipinski definition) is 4. The lowest BCUT2D eigenvalue weighted by atomic mass is 10.1. The minimum Gasteiger partial charge on any atom is -0.395 e. The molecule has 0 unspecified atom stereocenters. The van der Waals surface area contributed by atoms with Gasteiger partial charge in [0.15, 0.2) is 0 Å². The summed E-state index contributed by atoms with van der Waals surface area (Å²) in [5.41, 5.74) is 0.642. The molecule has 0 saturated carbocycles. The first-order valence-electron chi connectivity index (χ1n) is 5.57. The fourth-order valence-electron chi connectivity index (χ4n) is 1.86. The Morgan fingerprint density at radius 3 is 2.71 bits per heavy atom. The minimum atomic E-state index is -0.0786. The average molecular weight is 232 g/mol. The second-order valence-electron chi connectivity index (χ2n) is 3.96. The van der Waals surface area contributed by atoms with Gasteiger partial charge in [-0.15, -0.1) is 0 Å². The molecule has 0 spiro atoms. The highest BCUT2D eigenvalue weighted by molar-refractivity contribution is 5.92. The third-order valence-corrected chi connectivity index (χ3v) is 2.73. The van der Waals surface area contributed by atoms with E-state index < -0.39 is 0 Å². The summed E-state index contributed by atoms with van der Waals surface area (Å²) >= 11 is 0. The van der Waals surface area contributed by atoms with Gasteiger partial charge in [-0.25, -0.2) is 4.98 Å². The van der Waals surface area contributed by atoms with Gasteiger partial charge in [0, 0.05) is 19.0 Å². The van der Waals surface area contributed by atoms with Crippen molar-refractivity contribution in [2.24, 2.45) is 0 Å². The molecule has 2 N–H and O–H groups in total. The fourth-order valence-corrected chi connectivity index (χ4v) is 1.86. The van der Waals surface area contributed by atoms with Crippen LogP contribution in [0.2, 0.25) is 0 Å². The van der Waals surface area contributed by atoms with Gasteiger partial charge in [-0.2, -0.15) is 0 Å². The van der Waals surface area contributed by atoms with Crippen molar-refractivity contribution in [2.75, 3.05) is 25.1 Å². The Morgan fingerprint density at radius 1 is 1.24 bits per heavy atom. The van der Waals surface area contributed by atoms with Crippen LogP contribution in [0.1, 0.15) is 5.69 Å². The van der Waals surface area contributed by atoms with Gasteiger partial charge in [0.1, 0.15) is 5.82 Å². The SMILES string of the molecule is CN(CCO)c1nc(CO)cc2ccccc12. The maximum Gasteiger partial charge on any atom is 0.136 e. The number of aliphatic hydroxyl groups excluding tert-OH is 2. The van der Waals surface area contributed by atoms with Crippen LogP contribution in [0.5, 0.6) is 0 Å². The van der Waals surface area contributed by atoms with Crippen molar-refractivity contribution >= 4 is 16.6 Å². The molecule has 0 fully saturated rings. The van der Waals surface area contributed by atoms with Gasteiger partial charge in [0.05, 0.1) is 18.9 Å². The number of aromatic nitrogens is 1. The van der Waals surface area contributed by atoms with Gasteiger partial charge < -0.3 is 15.1 Å². The molecular formula is C13H16N2O2. The molecule has 1 aromatic heterocycles. The van der Waals surface area contributed by atoms with Crippen LogP contribution in [-0.4, -0.2) is 35.4 Å². The van der Waals surface area contributed by atoms with Gasteiger partial charge in [0.25, 0.3) is 0 Å². The van der Waals surface area contributed by atoms with Gasteiger partial charge in [-0.3, -0.25) is 0 Å². The summed E-state index contributed by atoms with van der Waals surface area (Å²) in [4.78, 5) is 6.29. The maximum atomic E-state index is 9.20. The zero-order valence-corrected chi connectivity index (χ0v) is 9.80. The molecule has 1 aromatic carbocycles. The lowest BCUT2D eigenvalue weighted by Crippen LogP contribution is -2.22. The highest BCUT2D eigenvalue weighted by Crippen LogP contribution is 2.24. The fraction of sp³-hybridized carbons (Fsp3) is 0.308. The first-order chi connectivity index (χ1) is 8.26. The number of rotatable bonds is 4. The summed E-state index contributed by atoms with van der Waals surface area (Å²) in [7, 11) is 1.88. The average Bonchev–Trinajstić information content (AvgIpc) is 2.37. The van der Waals surface area contributed by atoms with Gasteiger partial charge in [0.2, 0.25) is 0 Å². The normalized spacial score (nSPS) is 10.8. The standard InChI is InChI=1S/C13H16N2O2/c1-15(6-7-16)13-12-5-3-2-4-10(12)8-11(9-17)14-13/h2-5,8,16-17H,6-7,9H2,1H3. The summed E-state index contributed by atoms with van der Waals surface area (Å²) in [6, 6.07) is 9.78. The van der Waals surface area contributed by atoms with Crippen molar-refractivity contribution < 1.29 is 10.2 Å². The van der Waals surface area contributed by atoms with Crippen LogP contribution in [0.25, 0.3) is 10.8 Å². The Hall–Kier alpha value is -1.65. The molecule has 0 aliphatic carbocycles. The van der Waals surface area contributed by atoms with E-state index in [9.17, 15) is 5.11 Å². The van der Waals surface area contributed by atoms with Crippen LogP contribution >= 0.6 is 0 Å². The number of benzene rings is 1. The van der Waals surface area contributed by atoms with E-state index in [0.717, 1.165) is 16.6 Å².